The van der Waals surface area contributed by atoms with E-state index in [2.05, 4.69) is 5.32 Å². The Labute approximate surface area is 149 Å². The van der Waals surface area contributed by atoms with Crippen LogP contribution in [0.15, 0.2) is 42.5 Å². The van der Waals surface area contributed by atoms with Crippen molar-refractivity contribution in [1.82, 2.24) is 4.90 Å². The molecule has 0 aliphatic carbocycles. The second-order valence-corrected chi connectivity index (χ2v) is 5.90. The van der Waals surface area contributed by atoms with Gasteiger partial charge in [0.1, 0.15) is 11.6 Å². The Kier molecular flexibility index (Phi) is 6.47. The fourth-order valence-corrected chi connectivity index (χ4v) is 2.37. The van der Waals surface area contributed by atoms with Crippen LogP contribution in [0.3, 0.4) is 0 Å². The Balaban J connectivity index is 1.91. The number of halogens is 3. The molecule has 1 N–H and O–H groups in total. The minimum absolute atomic E-state index is 0.0652. The average Bonchev–Trinajstić information content (AvgIpc) is 2.56. The van der Waals surface area contributed by atoms with E-state index in [4.69, 9.17) is 11.6 Å². The van der Waals surface area contributed by atoms with Gasteiger partial charge in [-0.15, -0.1) is 0 Å². The van der Waals surface area contributed by atoms with Crippen molar-refractivity contribution in [2.75, 3.05) is 11.9 Å². The molecule has 132 valence electrons. The molecule has 0 saturated carbocycles. The van der Waals surface area contributed by atoms with E-state index in [0.29, 0.717) is 5.69 Å². The first-order valence-corrected chi connectivity index (χ1v) is 7.98. The summed E-state index contributed by atoms with van der Waals surface area (Å²) in [6, 6.07) is 9.69. The Morgan fingerprint density at radius 3 is 2.40 bits per heavy atom. The number of carbonyl (C=O) groups is 2. The number of anilines is 1. The van der Waals surface area contributed by atoms with Gasteiger partial charge in [-0.2, -0.15) is 0 Å². The van der Waals surface area contributed by atoms with Crippen molar-refractivity contribution in [3.05, 3.63) is 64.7 Å². The maximum absolute atomic E-state index is 13.1. The van der Waals surface area contributed by atoms with Crippen molar-refractivity contribution < 1.29 is 18.4 Å². The minimum atomic E-state index is -0.568. The van der Waals surface area contributed by atoms with Crippen LogP contribution in [0.4, 0.5) is 14.5 Å². The van der Waals surface area contributed by atoms with Crippen molar-refractivity contribution in [3.8, 4) is 0 Å². The standard InChI is InChI=1S/C18H17ClF2N2O2/c1-12(24)23(11-13-2-4-14(20)5-3-13)9-8-18(25)22-15-6-7-17(21)16(19)10-15/h2-7,10H,8-9,11H2,1H3,(H,22,25). The Hall–Kier alpha value is -2.47. The highest BCUT2D eigenvalue weighted by Crippen LogP contribution is 2.19. The molecule has 2 rings (SSSR count). The molecule has 0 unspecified atom stereocenters. The summed E-state index contributed by atoms with van der Waals surface area (Å²) in [7, 11) is 0. The number of hydrogen-bond donors (Lipinski definition) is 1. The lowest BCUT2D eigenvalue weighted by Crippen LogP contribution is -2.31. The number of amides is 2. The summed E-state index contributed by atoms with van der Waals surface area (Å²) in [5, 5.41) is 2.51. The molecule has 25 heavy (non-hydrogen) atoms. The normalized spacial score (nSPS) is 10.4. The molecule has 0 heterocycles. The molecule has 0 aromatic heterocycles. The molecular formula is C18H17ClF2N2O2. The van der Waals surface area contributed by atoms with Crippen molar-refractivity contribution in [2.45, 2.75) is 19.9 Å². The Morgan fingerprint density at radius 1 is 1.12 bits per heavy atom. The molecule has 2 aromatic carbocycles. The van der Waals surface area contributed by atoms with Crippen LogP contribution >= 0.6 is 11.6 Å². The SMILES string of the molecule is CC(=O)N(CCC(=O)Nc1ccc(F)c(Cl)c1)Cc1ccc(F)cc1. The third kappa shape index (κ3) is 5.83. The molecule has 4 nitrogen and oxygen atoms in total. The zero-order valence-electron chi connectivity index (χ0n) is 13.6. The number of carbonyl (C=O) groups excluding carboxylic acids is 2. The van der Waals surface area contributed by atoms with E-state index >= 15 is 0 Å². The van der Waals surface area contributed by atoms with Crippen LogP contribution in [-0.2, 0) is 16.1 Å². The summed E-state index contributed by atoms with van der Waals surface area (Å²) in [5.41, 5.74) is 1.15. The number of nitrogens with zero attached hydrogens (tertiary/aromatic N) is 1. The number of benzene rings is 2. The van der Waals surface area contributed by atoms with Gasteiger partial charge in [0.15, 0.2) is 0 Å². The molecule has 2 aromatic rings. The monoisotopic (exact) mass is 366 g/mol. The summed E-state index contributed by atoms with van der Waals surface area (Å²) in [5.74, 6) is -1.44. The zero-order valence-corrected chi connectivity index (χ0v) is 14.3. The van der Waals surface area contributed by atoms with Crippen LogP contribution in [-0.4, -0.2) is 23.3 Å². The van der Waals surface area contributed by atoms with Crippen LogP contribution in [0.2, 0.25) is 5.02 Å². The van der Waals surface area contributed by atoms with Gasteiger partial charge in [0.05, 0.1) is 5.02 Å². The van der Waals surface area contributed by atoms with Gasteiger partial charge >= 0.3 is 0 Å². The molecule has 0 aliphatic rings. The third-order valence-corrected chi connectivity index (χ3v) is 3.83. The van der Waals surface area contributed by atoms with Crippen LogP contribution in [0, 0.1) is 11.6 Å². The third-order valence-electron chi connectivity index (χ3n) is 3.54. The van der Waals surface area contributed by atoms with E-state index in [9.17, 15) is 18.4 Å². The minimum Gasteiger partial charge on any atom is -0.338 e. The van der Waals surface area contributed by atoms with Gasteiger partial charge in [0.25, 0.3) is 0 Å². The van der Waals surface area contributed by atoms with Gasteiger partial charge in [0.2, 0.25) is 11.8 Å². The first-order valence-electron chi connectivity index (χ1n) is 7.60. The van der Waals surface area contributed by atoms with Crippen LogP contribution in [0.1, 0.15) is 18.9 Å². The molecule has 0 saturated heterocycles. The maximum atomic E-state index is 13.1. The number of rotatable bonds is 6. The van der Waals surface area contributed by atoms with E-state index in [1.54, 1.807) is 12.1 Å². The van der Waals surface area contributed by atoms with Gasteiger partial charge in [0, 0.05) is 32.1 Å². The molecule has 0 radical (unpaired) electrons. The molecule has 0 fully saturated rings. The number of nitrogens with one attached hydrogen (secondary N) is 1. The van der Waals surface area contributed by atoms with E-state index in [1.165, 1.54) is 36.1 Å². The fraction of sp³-hybridized carbons (Fsp3) is 0.222. The van der Waals surface area contributed by atoms with Gasteiger partial charge in [-0.3, -0.25) is 9.59 Å². The maximum Gasteiger partial charge on any atom is 0.226 e. The van der Waals surface area contributed by atoms with E-state index in [-0.39, 0.29) is 42.2 Å². The summed E-state index contributed by atoms with van der Waals surface area (Å²) in [6.45, 7) is 1.89. The number of hydrogen-bond acceptors (Lipinski definition) is 2. The van der Waals surface area contributed by atoms with Crippen LogP contribution in [0.25, 0.3) is 0 Å². The summed E-state index contributed by atoms with van der Waals surface area (Å²) >= 11 is 5.66. The van der Waals surface area contributed by atoms with Gasteiger partial charge in [-0.25, -0.2) is 8.78 Å². The second-order valence-electron chi connectivity index (χ2n) is 5.49. The highest BCUT2D eigenvalue weighted by Gasteiger charge is 2.12. The van der Waals surface area contributed by atoms with Crippen molar-refractivity contribution in [3.63, 3.8) is 0 Å². The lowest BCUT2D eigenvalue weighted by Gasteiger charge is -2.21. The smallest absolute Gasteiger partial charge is 0.226 e. The molecule has 2 amide bonds. The van der Waals surface area contributed by atoms with Crippen LogP contribution in [0.5, 0.6) is 0 Å². The topological polar surface area (TPSA) is 49.4 Å². The molecule has 0 atom stereocenters. The molecule has 0 bridgehead atoms. The van der Waals surface area contributed by atoms with Crippen molar-refractivity contribution >= 4 is 29.1 Å². The Bertz CT molecular complexity index is 766. The zero-order chi connectivity index (χ0) is 18.4. The highest BCUT2D eigenvalue weighted by molar-refractivity contribution is 6.31. The second kappa shape index (κ2) is 8.58. The summed E-state index contributed by atoms with van der Waals surface area (Å²) < 4.78 is 26.0. The molecule has 0 aliphatic heterocycles. The molecule has 7 heteroatoms. The predicted octanol–water partition coefficient (Wildman–Crippen LogP) is 4.00. The summed E-state index contributed by atoms with van der Waals surface area (Å²) in [6.07, 6.45) is 0.0652. The quantitative estimate of drug-likeness (QED) is 0.840. The molecule has 0 spiro atoms. The predicted molar refractivity (Wildman–Crippen MR) is 92.1 cm³/mol. The average molecular weight is 367 g/mol. The van der Waals surface area contributed by atoms with Gasteiger partial charge in [-0.05, 0) is 35.9 Å². The van der Waals surface area contributed by atoms with Crippen LogP contribution < -0.4 is 5.32 Å². The fourth-order valence-electron chi connectivity index (χ4n) is 2.19. The van der Waals surface area contributed by atoms with Crippen molar-refractivity contribution in [1.29, 1.82) is 0 Å². The first-order chi connectivity index (χ1) is 11.8. The van der Waals surface area contributed by atoms with E-state index in [0.717, 1.165) is 11.6 Å². The Morgan fingerprint density at radius 2 is 1.80 bits per heavy atom. The van der Waals surface area contributed by atoms with E-state index in [1.807, 2.05) is 0 Å². The highest BCUT2D eigenvalue weighted by atomic mass is 35.5. The van der Waals surface area contributed by atoms with Crippen molar-refractivity contribution in [2.24, 2.45) is 0 Å². The van der Waals surface area contributed by atoms with Gasteiger partial charge < -0.3 is 10.2 Å². The lowest BCUT2D eigenvalue weighted by molar-refractivity contribution is -0.129. The van der Waals surface area contributed by atoms with E-state index < -0.39 is 5.82 Å². The summed E-state index contributed by atoms with van der Waals surface area (Å²) in [4.78, 5) is 25.2. The largest absolute Gasteiger partial charge is 0.338 e. The lowest BCUT2D eigenvalue weighted by atomic mass is 10.2. The first kappa shape index (κ1) is 18.9. The van der Waals surface area contributed by atoms with Gasteiger partial charge in [-0.1, -0.05) is 23.7 Å². The molecular weight excluding hydrogens is 350 g/mol.